The van der Waals surface area contributed by atoms with Crippen molar-refractivity contribution in [3.05, 3.63) is 59.4 Å². The Morgan fingerprint density at radius 3 is 2.38 bits per heavy atom. The first-order valence-corrected chi connectivity index (χ1v) is 11.1. The second kappa shape index (κ2) is 10.2. The van der Waals surface area contributed by atoms with Crippen LogP contribution in [0.1, 0.15) is 27.6 Å². The fourth-order valence-corrected chi connectivity index (χ4v) is 4.10. The zero-order valence-corrected chi connectivity index (χ0v) is 18.8. The smallest absolute Gasteiger partial charge is 0.414 e. The average molecular weight is 471 g/mol. The highest BCUT2D eigenvalue weighted by Crippen LogP contribution is 2.27. The Balaban J connectivity index is 1.51. The number of fused-ring (bicyclic) bond motifs is 1. The molecule has 34 heavy (non-hydrogen) atoms. The van der Waals surface area contributed by atoms with Crippen molar-refractivity contribution in [1.82, 2.24) is 4.90 Å². The maximum absolute atomic E-state index is 14.9. The van der Waals surface area contributed by atoms with E-state index in [2.05, 4.69) is 0 Å². The number of rotatable bonds is 7. The molecule has 4 rings (SSSR count). The number of aliphatic hydroxyl groups is 1. The molecule has 9 nitrogen and oxygen atoms in total. The van der Waals surface area contributed by atoms with Crippen molar-refractivity contribution in [3.63, 3.8) is 0 Å². The van der Waals surface area contributed by atoms with Gasteiger partial charge in [0.05, 0.1) is 61.5 Å². The SMILES string of the molecule is CCOC(=O)N(CC(O)CN1C(=O)c2ccccc2C1=O)c1ccc(N2CCOCC2)c(F)c1. The van der Waals surface area contributed by atoms with Crippen molar-refractivity contribution >= 4 is 29.3 Å². The van der Waals surface area contributed by atoms with E-state index >= 15 is 0 Å². The lowest BCUT2D eigenvalue weighted by Crippen LogP contribution is -2.45. The van der Waals surface area contributed by atoms with E-state index in [4.69, 9.17) is 9.47 Å². The molecule has 2 aromatic carbocycles. The second-order valence-corrected chi connectivity index (χ2v) is 7.96. The van der Waals surface area contributed by atoms with Gasteiger partial charge in [-0.1, -0.05) is 12.1 Å². The van der Waals surface area contributed by atoms with Crippen molar-refractivity contribution in [2.45, 2.75) is 13.0 Å². The van der Waals surface area contributed by atoms with Gasteiger partial charge in [0.1, 0.15) is 5.82 Å². The number of ether oxygens (including phenoxy) is 2. The Bertz CT molecular complexity index is 1050. The van der Waals surface area contributed by atoms with E-state index < -0.39 is 29.8 Å². The third-order valence-corrected chi connectivity index (χ3v) is 5.75. The summed E-state index contributed by atoms with van der Waals surface area (Å²) in [6, 6.07) is 10.7. The summed E-state index contributed by atoms with van der Waals surface area (Å²) in [5.41, 5.74) is 1.11. The Morgan fingerprint density at radius 1 is 1.15 bits per heavy atom. The fraction of sp³-hybridized carbons (Fsp3) is 0.375. The van der Waals surface area contributed by atoms with Gasteiger partial charge in [0, 0.05) is 13.1 Å². The number of morpholine rings is 1. The predicted molar refractivity (Wildman–Crippen MR) is 122 cm³/mol. The van der Waals surface area contributed by atoms with E-state index in [-0.39, 0.29) is 36.5 Å². The van der Waals surface area contributed by atoms with Crippen LogP contribution in [0.2, 0.25) is 0 Å². The molecule has 1 atom stereocenters. The topological polar surface area (TPSA) is 99.6 Å². The maximum atomic E-state index is 14.9. The number of amides is 3. The molecule has 2 heterocycles. The van der Waals surface area contributed by atoms with Gasteiger partial charge in [-0.2, -0.15) is 0 Å². The number of carbonyl (C=O) groups is 3. The van der Waals surface area contributed by atoms with Crippen molar-refractivity contribution in [1.29, 1.82) is 0 Å². The molecule has 2 aromatic rings. The molecular formula is C24H26FN3O6. The molecule has 1 fully saturated rings. The third kappa shape index (κ3) is 4.73. The van der Waals surface area contributed by atoms with Crippen LogP contribution in [0.3, 0.4) is 0 Å². The van der Waals surface area contributed by atoms with Gasteiger partial charge in [-0.15, -0.1) is 0 Å². The molecule has 2 aliphatic rings. The summed E-state index contributed by atoms with van der Waals surface area (Å²) in [6.07, 6.45) is -2.06. The molecule has 1 N–H and O–H groups in total. The van der Waals surface area contributed by atoms with Crippen LogP contribution in [0, 0.1) is 5.82 Å². The van der Waals surface area contributed by atoms with Gasteiger partial charge in [-0.3, -0.25) is 19.4 Å². The number of halogens is 1. The number of imide groups is 1. The largest absolute Gasteiger partial charge is 0.449 e. The molecule has 0 spiro atoms. The lowest BCUT2D eigenvalue weighted by molar-refractivity contribution is 0.0551. The minimum atomic E-state index is -1.28. The van der Waals surface area contributed by atoms with Crippen molar-refractivity contribution in [3.8, 4) is 0 Å². The van der Waals surface area contributed by atoms with Gasteiger partial charge in [0.2, 0.25) is 0 Å². The molecule has 0 aliphatic carbocycles. The fourth-order valence-electron chi connectivity index (χ4n) is 4.10. The number of anilines is 2. The molecule has 0 bridgehead atoms. The van der Waals surface area contributed by atoms with Crippen molar-refractivity contribution in [2.24, 2.45) is 0 Å². The molecule has 180 valence electrons. The van der Waals surface area contributed by atoms with Gasteiger partial charge in [-0.05, 0) is 37.3 Å². The summed E-state index contributed by atoms with van der Waals surface area (Å²) in [4.78, 5) is 41.7. The molecule has 10 heteroatoms. The van der Waals surface area contributed by atoms with E-state index in [0.29, 0.717) is 32.0 Å². The van der Waals surface area contributed by atoms with Crippen LogP contribution in [0.4, 0.5) is 20.6 Å². The molecule has 1 unspecified atom stereocenters. The van der Waals surface area contributed by atoms with Crippen LogP contribution in [-0.4, -0.2) is 80.0 Å². The highest BCUT2D eigenvalue weighted by atomic mass is 19.1. The second-order valence-electron chi connectivity index (χ2n) is 7.96. The summed E-state index contributed by atoms with van der Waals surface area (Å²) in [7, 11) is 0. The first-order valence-electron chi connectivity index (χ1n) is 11.1. The van der Waals surface area contributed by atoms with E-state index in [9.17, 15) is 23.9 Å². The minimum Gasteiger partial charge on any atom is -0.449 e. The number of hydrogen-bond donors (Lipinski definition) is 1. The van der Waals surface area contributed by atoms with Gasteiger partial charge in [0.15, 0.2) is 0 Å². The Morgan fingerprint density at radius 2 is 1.79 bits per heavy atom. The number of hydrogen-bond acceptors (Lipinski definition) is 7. The molecular weight excluding hydrogens is 445 g/mol. The molecule has 2 aliphatic heterocycles. The average Bonchev–Trinajstić information content (AvgIpc) is 3.08. The Labute approximate surface area is 196 Å². The van der Waals surface area contributed by atoms with E-state index in [1.165, 1.54) is 6.07 Å². The van der Waals surface area contributed by atoms with E-state index in [1.54, 1.807) is 43.3 Å². The van der Waals surface area contributed by atoms with Gasteiger partial charge in [0.25, 0.3) is 11.8 Å². The zero-order valence-electron chi connectivity index (χ0n) is 18.8. The van der Waals surface area contributed by atoms with Crippen LogP contribution >= 0.6 is 0 Å². The third-order valence-electron chi connectivity index (χ3n) is 5.75. The van der Waals surface area contributed by atoms with Crippen molar-refractivity contribution < 1.29 is 33.4 Å². The number of nitrogens with zero attached hydrogens (tertiary/aromatic N) is 3. The maximum Gasteiger partial charge on any atom is 0.414 e. The van der Waals surface area contributed by atoms with Gasteiger partial charge < -0.3 is 19.5 Å². The number of aliphatic hydroxyl groups excluding tert-OH is 1. The van der Waals surface area contributed by atoms with E-state index in [1.807, 2.05) is 4.90 Å². The summed E-state index contributed by atoms with van der Waals surface area (Å²) >= 11 is 0. The molecule has 3 amide bonds. The number of carbonyl (C=O) groups excluding carboxylic acids is 3. The molecule has 0 saturated carbocycles. The number of benzene rings is 2. The summed E-state index contributed by atoms with van der Waals surface area (Å²) in [5, 5.41) is 10.7. The predicted octanol–water partition coefficient (Wildman–Crippen LogP) is 2.28. The zero-order chi connectivity index (χ0) is 24.2. The quantitative estimate of drug-likeness (QED) is 0.619. The molecule has 0 radical (unpaired) electrons. The van der Waals surface area contributed by atoms with Crippen LogP contribution < -0.4 is 9.80 Å². The van der Waals surface area contributed by atoms with Crippen LogP contribution in [0.15, 0.2) is 42.5 Å². The normalized spacial score (nSPS) is 16.4. The van der Waals surface area contributed by atoms with Crippen molar-refractivity contribution in [2.75, 3.05) is 55.8 Å². The molecule has 1 saturated heterocycles. The lowest BCUT2D eigenvalue weighted by Gasteiger charge is -2.30. The monoisotopic (exact) mass is 471 g/mol. The van der Waals surface area contributed by atoms with Crippen LogP contribution in [-0.2, 0) is 9.47 Å². The highest BCUT2D eigenvalue weighted by Gasteiger charge is 2.36. The molecule has 0 aromatic heterocycles. The van der Waals surface area contributed by atoms with E-state index in [0.717, 1.165) is 9.80 Å². The van der Waals surface area contributed by atoms with Crippen LogP contribution in [0.5, 0.6) is 0 Å². The first-order chi connectivity index (χ1) is 16.4. The standard InChI is InChI=1S/C24H26FN3O6/c1-2-34-24(32)27(16-7-8-21(20(25)13-16)26-9-11-33-12-10-26)14-17(29)15-28-22(30)18-5-3-4-6-19(18)23(28)31/h3-8,13,17,29H,2,9-12,14-15H2,1H3. The summed E-state index contributed by atoms with van der Waals surface area (Å²) in [6.45, 7) is 3.19. The summed E-state index contributed by atoms with van der Waals surface area (Å²) in [5.74, 6) is -1.55. The first kappa shape index (κ1) is 23.7. The highest BCUT2D eigenvalue weighted by molar-refractivity contribution is 6.21. The minimum absolute atomic E-state index is 0.0815. The Hall–Kier alpha value is -3.50. The Kier molecular flexibility index (Phi) is 7.09. The van der Waals surface area contributed by atoms with Crippen LogP contribution in [0.25, 0.3) is 0 Å². The summed E-state index contributed by atoms with van der Waals surface area (Å²) < 4.78 is 25.3. The van der Waals surface area contributed by atoms with Gasteiger partial charge in [-0.25, -0.2) is 9.18 Å². The lowest BCUT2D eigenvalue weighted by atomic mass is 10.1. The van der Waals surface area contributed by atoms with Gasteiger partial charge >= 0.3 is 6.09 Å². The number of β-amino-alcohol motifs (C(OH)–C–C–N with tert-alkyl or cyclic N) is 1.